The molecule has 1 aliphatic rings. The van der Waals surface area contributed by atoms with Crippen molar-refractivity contribution in [2.24, 2.45) is 5.92 Å². The minimum absolute atomic E-state index is 0.00454. The van der Waals surface area contributed by atoms with Crippen LogP contribution in [0.25, 0.3) is 0 Å². The molecule has 24 heavy (non-hydrogen) atoms. The first-order chi connectivity index (χ1) is 11.6. The third-order valence-corrected chi connectivity index (χ3v) is 4.20. The summed E-state index contributed by atoms with van der Waals surface area (Å²) in [4.78, 5) is 26.4. The molecule has 2 amide bonds. The highest BCUT2D eigenvalue weighted by Crippen LogP contribution is 2.19. The summed E-state index contributed by atoms with van der Waals surface area (Å²) in [5.41, 5.74) is 0.459. The Morgan fingerprint density at radius 3 is 2.67 bits per heavy atom. The van der Waals surface area contributed by atoms with Gasteiger partial charge in [0.15, 0.2) is 0 Å². The van der Waals surface area contributed by atoms with E-state index in [4.69, 9.17) is 0 Å². The topological polar surface area (TPSA) is 61.4 Å². The Kier molecular flexibility index (Phi) is 7.18. The summed E-state index contributed by atoms with van der Waals surface area (Å²) in [6.07, 6.45) is 2.66. The minimum Gasteiger partial charge on any atom is -0.355 e. The van der Waals surface area contributed by atoms with Gasteiger partial charge in [0.25, 0.3) is 5.91 Å². The maximum atomic E-state index is 13.0. The molecular weight excluding hydrogens is 309 g/mol. The van der Waals surface area contributed by atoms with Gasteiger partial charge in [-0.2, -0.15) is 0 Å². The molecule has 2 N–H and O–H groups in total. The van der Waals surface area contributed by atoms with Crippen molar-refractivity contribution in [3.8, 4) is 0 Å². The average molecular weight is 335 g/mol. The fourth-order valence-corrected chi connectivity index (χ4v) is 2.87. The molecule has 1 fully saturated rings. The van der Waals surface area contributed by atoms with Crippen LogP contribution in [0.1, 0.15) is 36.5 Å². The zero-order valence-corrected chi connectivity index (χ0v) is 14.2. The largest absolute Gasteiger partial charge is 0.355 e. The van der Waals surface area contributed by atoms with E-state index in [0.29, 0.717) is 25.2 Å². The van der Waals surface area contributed by atoms with E-state index in [0.717, 1.165) is 32.4 Å². The second-order valence-electron chi connectivity index (χ2n) is 6.14. The van der Waals surface area contributed by atoms with Gasteiger partial charge < -0.3 is 15.5 Å². The van der Waals surface area contributed by atoms with E-state index in [-0.39, 0.29) is 23.5 Å². The first-order valence-electron chi connectivity index (χ1n) is 8.65. The smallest absolute Gasteiger partial charge is 0.253 e. The van der Waals surface area contributed by atoms with E-state index < -0.39 is 0 Å². The monoisotopic (exact) mass is 335 g/mol. The molecule has 132 valence electrons. The molecule has 1 aromatic carbocycles. The van der Waals surface area contributed by atoms with E-state index in [2.05, 4.69) is 17.6 Å². The van der Waals surface area contributed by atoms with Gasteiger partial charge in [-0.25, -0.2) is 4.39 Å². The standard InChI is InChI=1S/C18H26FN3O2/c1-2-9-20-10-11-21-17(23)15-4-3-12-22(13-15)18(24)14-5-7-16(19)8-6-14/h5-8,15,20H,2-4,9-13H2,1H3,(H,21,23). The van der Waals surface area contributed by atoms with Gasteiger partial charge >= 0.3 is 0 Å². The summed E-state index contributed by atoms with van der Waals surface area (Å²) in [7, 11) is 0. The van der Waals surface area contributed by atoms with Crippen LogP contribution in [0.4, 0.5) is 4.39 Å². The van der Waals surface area contributed by atoms with Gasteiger partial charge in [-0.05, 0) is 50.1 Å². The molecule has 0 bridgehead atoms. The van der Waals surface area contributed by atoms with E-state index >= 15 is 0 Å². The van der Waals surface area contributed by atoms with Crippen LogP contribution in [0.15, 0.2) is 24.3 Å². The summed E-state index contributed by atoms with van der Waals surface area (Å²) in [5.74, 6) is -0.671. The fraction of sp³-hybridized carbons (Fsp3) is 0.556. The number of carbonyl (C=O) groups is 2. The maximum Gasteiger partial charge on any atom is 0.253 e. The lowest BCUT2D eigenvalue weighted by atomic mass is 9.96. The Balaban J connectivity index is 1.83. The Bertz CT molecular complexity index is 548. The van der Waals surface area contributed by atoms with Crippen molar-refractivity contribution in [2.45, 2.75) is 26.2 Å². The van der Waals surface area contributed by atoms with Crippen LogP contribution in [0.3, 0.4) is 0 Å². The molecule has 1 unspecified atom stereocenters. The van der Waals surface area contributed by atoms with Gasteiger partial charge in [0.2, 0.25) is 5.91 Å². The van der Waals surface area contributed by atoms with Crippen molar-refractivity contribution in [3.63, 3.8) is 0 Å². The van der Waals surface area contributed by atoms with E-state index in [1.165, 1.54) is 24.3 Å². The van der Waals surface area contributed by atoms with E-state index in [1.54, 1.807) is 4.90 Å². The number of hydrogen-bond acceptors (Lipinski definition) is 3. The average Bonchev–Trinajstić information content (AvgIpc) is 2.61. The Morgan fingerprint density at radius 2 is 1.96 bits per heavy atom. The first-order valence-corrected chi connectivity index (χ1v) is 8.65. The highest BCUT2D eigenvalue weighted by Gasteiger charge is 2.28. The molecule has 0 aromatic heterocycles. The third kappa shape index (κ3) is 5.30. The van der Waals surface area contributed by atoms with Crippen molar-refractivity contribution >= 4 is 11.8 Å². The summed E-state index contributed by atoms with van der Waals surface area (Å²) in [6, 6.07) is 5.54. The molecule has 0 aliphatic carbocycles. The third-order valence-electron chi connectivity index (χ3n) is 4.20. The molecule has 1 saturated heterocycles. The number of nitrogens with one attached hydrogen (secondary N) is 2. The number of amides is 2. The van der Waals surface area contributed by atoms with Crippen LogP contribution in [-0.2, 0) is 4.79 Å². The summed E-state index contributed by atoms with van der Waals surface area (Å²) in [6.45, 7) is 5.45. The molecule has 6 heteroatoms. The number of rotatable bonds is 7. The normalized spacial score (nSPS) is 17.6. The van der Waals surface area contributed by atoms with Gasteiger partial charge in [0.1, 0.15) is 5.82 Å². The molecular formula is C18H26FN3O2. The molecule has 5 nitrogen and oxygen atoms in total. The lowest BCUT2D eigenvalue weighted by Gasteiger charge is -2.32. The number of piperidine rings is 1. The zero-order valence-electron chi connectivity index (χ0n) is 14.2. The highest BCUT2D eigenvalue weighted by molar-refractivity contribution is 5.94. The lowest BCUT2D eigenvalue weighted by Crippen LogP contribution is -2.46. The van der Waals surface area contributed by atoms with E-state index in [9.17, 15) is 14.0 Å². The van der Waals surface area contributed by atoms with Gasteiger partial charge in [-0.15, -0.1) is 0 Å². The molecule has 1 aromatic rings. The summed E-state index contributed by atoms with van der Waals surface area (Å²) >= 11 is 0. The van der Waals surface area contributed by atoms with Crippen LogP contribution in [0, 0.1) is 11.7 Å². The number of hydrogen-bond donors (Lipinski definition) is 2. The van der Waals surface area contributed by atoms with Gasteiger partial charge in [-0.1, -0.05) is 6.92 Å². The van der Waals surface area contributed by atoms with Crippen LogP contribution in [-0.4, -0.2) is 49.4 Å². The van der Waals surface area contributed by atoms with Crippen LogP contribution >= 0.6 is 0 Å². The maximum absolute atomic E-state index is 13.0. The number of likely N-dealkylation sites (tertiary alicyclic amines) is 1. The van der Waals surface area contributed by atoms with Crippen molar-refractivity contribution in [1.29, 1.82) is 0 Å². The quantitative estimate of drug-likeness (QED) is 0.747. The molecule has 1 atom stereocenters. The summed E-state index contributed by atoms with van der Waals surface area (Å²) < 4.78 is 13.0. The fourth-order valence-electron chi connectivity index (χ4n) is 2.87. The Hall–Kier alpha value is -1.95. The van der Waals surface area contributed by atoms with Crippen molar-refractivity contribution in [2.75, 3.05) is 32.7 Å². The predicted molar refractivity (Wildman–Crippen MR) is 91.2 cm³/mol. The molecule has 0 saturated carbocycles. The minimum atomic E-state index is -0.362. The highest BCUT2D eigenvalue weighted by atomic mass is 19.1. The first kappa shape index (κ1) is 18.4. The number of benzene rings is 1. The zero-order chi connectivity index (χ0) is 17.4. The lowest BCUT2D eigenvalue weighted by molar-refractivity contribution is -0.126. The second kappa shape index (κ2) is 9.37. The second-order valence-corrected chi connectivity index (χ2v) is 6.14. The number of carbonyl (C=O) groups excluding carboxylic acids is 2. The number of nitrogens with zero attached hydrogens (tertiary/aromatic N) is 1. The van der Waals surface area contributed by atoms with Crippen LogP contribution in [0.5, 0.6) is 0 Å². The molecule has 2 rings (SSSR count). The molecule has 1 aliphatic heterocycles. The van der Waals surface area contributed by atoms with Crippen molar-refractivity contribution < 1.29 is 14.0 Å². The van der Waals surface area contributed by atoms with Crippen LogP contribution in [0.2, 0.25) is 0 Å². The van der Waals surface area contributed by atoms with Gasteiger partial charge in [0, 0.05) is 31.7 Å². The van der Waals surface area contributed by atoms with Crippen LogP contribution < -0.4 is 10.6 Å². The van der Waals surface area contributed by atoms with E-state index in [1.807, 2.05) is 0 Å². The predicted octanol–water partition coefficient (Wildman–Crippen LogP) is 1.79. The molecule has 1 heterocycles. The van der Waals surface area contributed by atoms with Gasteiger partial charge in [0.05, 0.1) is 5.92 Å². The molecule has 0 radical (unpaired) electrons. The molecule has 0 spiro atoms. The summed E-state index contributed by atoms with van der Waals surface area (Å²) in [5, 5.41) is 6.17. The Morgan fingerprint density at radius 1 is 1.21 bits per heavy atom. The number of halogens is 1. The SMILES string of the molecule is CCCNCCNC(=O)C1CCCN(C(=O)c2ccc(F)cc2)C1. The van der Waals surface area contributed by atoms with Gasteiger partial charge in [-0.3, -0.25) is 9.59 Å². The van der Waals surface area contributed by atoms with Crippen molar-refractivity contribution in [1.82, 2.24) is 15.5 Å². The van der Waals surface area contributed by atoms with Crippen molar-refractivity contribution in [3.05, 3.63) is 35.6 Å². The Labute approximate surface area is 142 Å².